The summed E-state index contributed by atoms with van der Waals surface area (Å²) in [5.41, 5.74) is 0.683. The van der Waals surface area contributed by atoms with Gasteiger partial charge in [0.2, 0.25) is 5.91 Å². The lowest BCUT2D eigenvalue weighted by Crippen LogP contribution is -2.38. The highest BCUT2D eigenvalue weighted by Gasteiger charge is 2.15. The van der Waals surface area contributed by atoms with E-state index in [-0.39, 0.29) is 12.4 Å². The molecule has 1 atom stereocenters. The number of halogens is 2. The van der Waals surface area contributed by atoms with E-state index in [4.69, 9.17) is 11.6 Å². The van der Waals surface area contributed by atoms with E-state index in [0.717, 1.165) is 0 Å². The van der Waals surface area contributed by atoms with Gasteiger partial charge in [-0.3, -0.25) is 9.59 Å². The van der Waals surface area contributed by atoms with Gasteiger partial charge in [0.05, 0.1) is 23.2 Å². The highest BCUT2D eigenvalue weighted by molar-refractivity contribution is 6.33. The molecule has 0 fully saturated rings. The molecule has 1 unspecified atom stereocenters. The second kappa shape index (κ2) is 7.74. The standard InChI is InChI=1S/C17H16ClFN2O2/c1-11(12-6-3-5-9-15(12)19)21-16(22)10-20-17(23)13-7-2-4-8-14(13)18/h2-9,11H,10H2,1H3,(H,20,23)(H,21,22). The summed E-state index contributed by atoms with van der Waals surface area (Å²) in [6.45, 7) is 1.45. The molecular weight excluding hydrogens is 319 g/mol. The molecule has 0 saturated carbocycles. The topological polar surface area (TPSA) is 58.2 Å². The lowest BCUT2D eigenvalue weighted by molar-refractivity contribution is -0.120. The van der Waals surface area contributed by atoms with Crippen LogP contribution in [-0.4, -0.2) is 18.4 Å². The molecule has 2 aromatic carbocycles. The molecule has 0 aliphatic carbocycles. The smallest absolute Gasteiger partial charge is 0.253 e. The van der Waals surface area contributed by atoms with Crippen molar-refractivity contribution in [1.82, 2.24) is 10.6 Å². The molecule has 2 N–H and O–H groups in total. The molecule has 0 heterocycles. The molecule has 6 heteroatoms. The number of carbonyl (C=O) groups is 2. The second-order valence-electron chi connectivity index (χ2n) is 4.97. The molecule has 0 radical (unpaired) electrons. The minimum absolute atomic E-state index is 0.219. The fraction of sp³-hybridized carbons (Fsp3) is 0.176. The van der Waals surface area contributed by atoms with Crippen molar-refractivity contribution in [2.45, 2.75) is 13.0 Å². The van der Waals surface area contributed by atoms with E-state index in [0.29, 0.717) is 16.1 Å². The van der Waals surface area contributed by atoms with Crippen molar-refractivity contribution in [2.24, 2.45) is 0 Å². The van der Waals surface area contributed by atoms with Crippen LogP contribution in [0.5, 0.6) is 0 Å². The summed E-state index contributed by atoms with van der Waals surface area (Å²) in [5, 5.41) is 5.42. The number of hydrogen-bond acceptors (Lipinski definition) is 2. The van der Waals surface area contributed by atoms with Crippen molar-refractivity contribution < 1.29 is 14.0 Å². The number of hydrogen-bond donors (Lipinski definition) is 2. The zero-order valence-electron chi connectivity index (χ0n) is 12.5. The third-order valence-corrected chi connectivity index (χ3v) is 3.61. The molecule has 0 aliphatic heterocycles. The lowest BCUT2D eigenvalue weighted by atomic mass is 10.1. The molecule has 2 amide bonds. The predicted molar refractivity (Wildman–Crippen MR) is 86.7 cm³/mol. The molecule has 120 valence electrons. The number of nitrogens with one attached hydrogen (secondary N) is 2. The first-order valence-corrected chi connectivity index (χ1v) is 7.43. The number of carbonyl (C=O) groups excluding carboxylic acids is 2. The summed E-state index contributed by atoms with van der Waals surface area (Å²) in [7, 11) is 0. The van der Waals surface area contributed by atoms with Crippen LogP contribution in [0.3, 0.4) is 0 Å². The Hall–Kier alpha value is -2.40. The molecule has 0 bridgehead atoms. The third-order valence-electron chi connectivity index (χ3n) is 3.28. The maximum Gasteiger partial charge on any atom is 0.253 e. The van der Waals surface area contributed by atoms with Gasteiger partial charge in [0.1, 0.15) is 5.82 Å². The zero-order valence-corrected chi connectivity index (χ0v) is 13.2. The van der Waals surface area contributed by atoms with Crippen LogP contribution < -0.4 is 10.6 Å². The van der Waals surface area contributed by atoms with E-state index in [1.165, 1.54) is 6.07 Å². The van der Waals surface area contributed by atoms with Crippen LogP contribution in [0.2, 0.25) is 5.02 Å². The first kappa shape index (κ1) is 17.0. The van der Waals surface area contributed by atoms with Gasteiger partial charge in [-0.1, -0.05) is 41.9 Å². The van der Waals surface area contributed by atoms with Gasteiger partial charge in [-0.15, -0.1) is 0 Å². The first-order valence-electron chi connectivity index (χ1n) is 7.05. The van der Waals surface area contributed by atoms with Crippen molar-refractivity contribution in [3.05, 3.63) is 70.5 Å². The SMILES string of the molecule is CC(NC(=O)CNC(=O)c1ccccc1Cl)c1ccccc1F. The van der Waals surface area contributed by atoms with E-state index in [9.17, 15) is 14.0 Å². The summed E-state index contributed by atoms with van der Waals surface area (Å²) in [5.74, 6) is -1.24. The molecule has 23 heavy (non-hydrogen) atoms. The summed E-state index contributed by atoms with van der Waals surface area (Å²) >= 11 is 5.91. The lowest BCUT2D eigenvalue weighted by Gasteiger charge is -2.15. The Morgan fingerprint density at radius 3 is 2.48 bits per heavy atom. The predicted octanol–water partition coefficient (Wildman–Crippen LogP) is 3.09. The van der Waals surface area contributed by atoms with Crippen molar-refractivity contribution in [3.63, 3.8) is 0 Å². The second-order valence-corrected chi connectivity index (χ2v) is 5.38. The number of rotatable bonds is 5. The largest absolute Gasteiger partial charge is 0.348 e. The van der Waals surface area contributed by atoms with Gasteiger partial charge >= 0.3 is 0 Å². The van der Waals surface area contributed by atoms with Crippen LogP contribution in [0.25, 0.3) is 0 Å². The van der Waals surface area contributed by atoms with Gasteiger partial charge in [-0.05, 0) is 25.1 Å². The highest BCUT2D eigenvalue weighted by Crippen LogP contribution is 2.16. The number of amides is 2. The van der Waals surface area contributed by atoms with Crippen LogP contribution in [-0.2, 0) is 4.79 Å². The van der Waals surface area contributed by atoms with E-state index in [1.54, 1.807) is 49.4 Å². The maximum absolute atomic E-state index is 13.6. The normalized spacial score (nSPS) is 11.6. The first-order chi connectivity index (χ1) is 11.0. The van der Waals surface area contributed by atoms with Gasteiger partial charge in [-0.2, -0.15) is 0 Å². The zero-order chi connectivity index (χ0) is 16.8. The summed E-state index contributed by atoms with van der Waals surface area (Å²) in [6, 6.07) is 12.3. The average Bonchev–Trinajstić information content (AvgIpc) is 2.53. The molecule has 2 aromatic rings. The van der Waals surface area contributed by atoms with Crippen molar-refractivity contribution in [3.8, 4) is 0 Å². The van der Waals surface area contributed by atoms with E-state index in [1.807, 2.05) is 0 Å². The van der Waals surface area contributed by atoms with Crippen LogP contribution in [0.4, 0.5) is 4.39 Å². The van der Waals surface area contributed by atoms with Gasteiger partial charge in [0.15, 0.2) is 0 Å². The van der Waals surface area contributed by atoms with Crippen LogP contribution in [0, 0.1) is 5.82 Å². The molecule has 0 spiro atoms. The summed E-state index contributed by atoms with van der Waals surface area (Å²) in [4.78, 5) is 23.8. The Morgan fingerprint density at radius 1 is 1.13 bits per heavy atom. The van der Waals surface area contributed by atoms with Gasteiger partial charge in [0.25, 0.3) is 5.91 Å². The van der Waals surface area contributed by atoms with Gasteiger partial charge in [0, 0.05) is 5.56 Å². The van der Waals surface area contributed by atoms with Gasteiger partial charge < -0.3 is 10.6 Å². The van der Waals surface area contributed by atoms with Crippen molar-refractivity contribution in [2.75, 3.05) is 6.54 Å². The summed E-state index contributed by atoms with van der Waals surface area (Å²) < 4.78 is 13.6. The van der Waals surface area contributed by atoms with Crippen LogP contribution in [0.15, 0.2) is 48.5 Å². The van der Waals surface area contributed by atoms with Crippen LogP contribution >= 0.6 is 11.6 Å². The van der Waals surface area contributed by atoms with E-state index < -0.39 is 17.9 Å². The molecule has 0 aromatic heterocycles. The summed E-state index contributed by atoms with van der Waals surface area (Å²) in [6.07, 6.45) is 0. The quantitative estimate of drug-likeness (QED) is 0.882. The van der Waals surface area contributed by atoms with E-state index >= 15 is 0 Å². The molecule has 0 aliphatic rings. The average molecular weight is 335 g/mol. The third kappa shape index (κ3) is 4.53. The Balaban J connectivity index is 1.89. The molecule has 2 rings (SSSR count). The number of benzene rings is 2. The van der Waals surface area contributed by atoms with Crippen LogP contribution in [0.1, 0.15) is 28.9 Å². The molecule has 4 nitrogen and oxygen atoms in total. The fourth-order valence-corrected chi connectivity index (χ4v) is 2.32. The fourth-order valence-electron chi connectivity index (χ4n) is 2.10. The Morgan fingerprint density at radius 2 is 1.78 bits per heavy atom. The van der Waals surface area contributed by atoms with Crippen molar-refractivity contribution >= 4 is 23.4 Å². The maximum atomic E-state index is 13.6. The van der Waals surface area contributed by atoms with Gasteiger partial charge in [-0.25, -0.2) is 4.39 Å². The monoisotopic (exact) mass is 334 g/mol. The Bertz CT molecular complexity index is 721. The minimum Gasteiger partial charge on any atom is -0.348 e. The molecule has 0 saturated heterocycles. The Labute approximate surface area is 138 Å². The van der Waals surface area contributed by atoms with E-state index in [2.05, 4.69) is 10.6 Å². The molecular formula is C17H16ClFN2O2. The minimum atomic E-state index is -0.499. The van der Waals surface area contributed by atoms with Crippen molar-refractivity contribution in [1.29, 1.82) is 0 Å². The Kier molecular flexibility index (Phi) is 5.71. The highest BCUT2D eigenvalue weighted by atomic mass is 35.5.